The number of ketones is 1. The van der Waals surface area contributed by atoms with Crippen molar-refractivity contribution in [3.8, 4) is 0 Å². The molecule has 0 spiro atoms. The molecule has 0 amide bonds. The molecule has 1 heterocycles. The molecule has 1 unspecified atom stereocenters. The minimum absolute atomic E-state index is 0.349. The van der Waals surface area contributed by atoms with E-state index in [9.17, 15) is 4.79 Å². The highest BCUT2D eigenvalue weighted by Crippen LogP contribution is 2.20. The van der Waals surface area contributed by atoms with E-state index in [0.29, 0.717) is 11.3 Å². The molecule has 3 nitrogen and oxygen atoms in total. The zero-order valence-corrected chi connectivity index (χ0v) is 6.50. The zero-order valence-electron chi connectivity index (χ0n) is 6.50. The van der Waals surface area contributed by atoms with Crippen molar-refractivity contribution < 1.29 is 14.6 Å². The van der Waals surface area contributed by atoms with E-state index in [-0.39, 0.29) is 5.78 Å². The van der Waals surface area contributed by atoms with Gasteiger partial charge in [-0.05, 0) is 19.9 Å². The molecule has 0 radical (unpaired) electrons. The maximum atomic E-state index is 10.9. The monoisotopic (exact) mass is 154 g/mol. The van der Waals surface area contributed by atoms with Gasteiger partial charge < -0.3 is 9.84 Å². The molecule has 3 heteroatoms. The van der Waals surface area contributed by atoms with Crippen LogP contribution in [0.25, 0.3) is 0 Å². The van der Waals surface area contributed by atoms with Crippen LogP contribution in [0.2, 0.25) is 0 Å². The number of rotatable bonds is 1. The fourth-order valence-corrected chi connectivity index (χ4v) is 0.884. The molecule has 11 heavy (non-hydrogen) atoms. The van der Waals surface area contributed by atoms with Crippen molar-refractivity contribution in [3.05, 3.63) is 23.5 Å². The second-order valence-corrected chi connectivity index (χ2v) is 2.32. The van der Waals surface area contributed by atoms with Gasteiger partial charge in [-0.15, -0.1) is 0 Å². The van der Waals surface area contributed by atoms with Gasteiger partial charge in [0.1, 0.15) is 5.76 Å². The molecule has 0 aromatic rings. The summed E-state index contributed by atoms with van der Waals surface area (Å²) in [5, 5.41) is 8.92. The topological polar surface area (TPSA) is 46.5 Å². The smallest absolute Gasteiger partial charge is 0.261 e. The molecule has 0 aliphatic carbocycles. The standard InChI is InChI=1S/C8H10O3/c1-3-4-6-5(2)7(9)8(10)11-6/h3-4,8,10H,1-2H3/b4-3+. The summed E-state index contributed by atoms with van der Waals surface area (Å²) >= 11 is 0. The predicted molar refractivity (Wildman–Crippen MR) is 39.6 cm³/mol. The number of carbonyl (C=O) groups is 1. The van der Waals surface area contributed by atoms with E-state index in [4.69, 9.17) is 9.84 Å². The SMILES string of the molecule is C/C=C/C1=C(C)C(=O)C(O)O1. The Morgan fingerprint density at radius 3 is 2.64 bits per heavy atom. The van der Waals surface area contributed by atoms with Crippen molar-refractivity contribution in [2.24, 2.45) is 0 Å². The Morgan fingerprint density at radius 2 is 2.27 bits per heavy atom. The lowest BCUT2D eigenvalue weighted by Gasteiger charge is -2.00. The quantitative estimate of drug-likeness (QED) is 0.606. The van der Waals surface area contributed by atoms with Gasteiger partial charge in [0, 0.05) is 5.57 Å². The van der Waals surface area contributed by atoms with Crippen LogP contribution in [0.1, 0.15) is 13.8 Å². The number of aliphatic hydroxyl groups is 1. The molecule has 0 bridgehead atoms. The van der Waals surface area contributed by atoms with E-state index in [1.165, 1.54) is 0 Å². The lowest BCUT2D eigenvalue weighted by Crippen LogP contribution is -2.15. The number of ether oxygens (including phenoxy) is 1. The highest BCUT2D eigenvalue weighted by atomic mass is 16.6. The second-order valence-electron chi connectivity index (χ2n) is 2.32. The summed E-state index contributed by atoms with van der Waals surface area (Å²) in [7, 11) is 0. The first-order chi connectivity index (χ1) is 5.16. The lowest BCUT2D eigenvalue weighted by atomic mass is 10.2. The van der Waals surface area contributed by atoms with Crippen LogP contribution in [0, 0.1) is 0 Å². The van der Waals surface area contributed by atoms with Gasteiger partial charge in [0.2, 0.25) is 5.78 Å². The molecular formula is C8H10O3. The fourth-order valence-electron chi connectivity index (χ4n) is 0.884. The predicted octanol–water partition coefficient (Wildman–Crippen LogP) is 0.754. The van der Waals surface area contributed by atoms with Crippen molar-refractivity contribution in [1.29, 1.82) is 0 Å². The van der Waals surface area contributed by atoms with Crippen LogP contribution in [0.5, 0.6) is 0 Å². The number of allylic oxidation sites excluding steroid dienone is 2. The normalized spacial score (nSPS) is 25.0. The van der Waals surface area contributed by atoms with Crippen LogP contribution in [0.4, 0.5) is 0 Å². The molecule has 0 saturated carbocycles. The van der Waals surface area contributed by atoms with E-state index in [2.05, 4.69) is 0 Å². The Morgan fingerprint density at radius 1 is 1.64 bits per heavy atom. The summed E-state index contributed by atoms with van der Waals surface area (Å²) in [6.07, 6.45) is 2.12. The summed E-state index contributed by atoms with van der Waals surface area (Å²) in [5.74, 6) is 0.114. The fraction of sp³-hybridized carbons (Fsp3) is 0.375. The minimum atomic E-state index is -1.29. The third kappa shape index (κ3) is 1.33. The molecule has 0 aromatic carbocycles. The van der Waals surface area contributed by atoms with Gasteiger partial charge in [-0.1, -0.05) is 6.08 Å². The summed E-state index contributed by atoms with van der Waals surface area (Å²) in [6.45, 7) is 3.45. The molecule has 1 N–H and O–H groups in total. The van der Waals surface area contributed by atoms with Gasteiger partial charge in [0.05, 0.1) is 0 Å². The van der Waals surface area contributed by atoms with Gasteiger partial charge >= 0.3 is 0 Å². The summed E-state index contributed by atoms with van der Waals surface area (Å²) in [6, 6.07) is 0. The van der Waals surface area contributed by atoms with E-state index >= 15 is 0 Å². The van der Waals surface area contributed by atoms with Crippen molar-refractivity contribution in [3.63, 3.8) is 0 Å². The number of carbonyl (C=O) groups excluding carboxylic acids is 1. The van der Waals surface area contributed by atoms with Crippen LogP contribution < -0.4 is 0 Å². The first-order valence-corrected chi connectivity index (χ1v) is 3.39. The maximum absolute atomic E-state index is 10.9. The molecular weight excluding hydrogens is 144 g/mol. The Balaban J connectivity index is 2.89. The molecule has 1 aliphatic heterocycles. The van der Waals surface area contributed by atoms with Crippen molar-refractivity contribution in [1.82, 2.24) is 0 Å². The zero-order chi connectivity index (χ0) is 8.43. The van der Waals surface area contributed by atoms with Crippen molar-refractivity contribution >= 4 is 5.78 Å². The summed E-state index contributed by atoms with van der Waals surface area (Å²) in [5.41, 5.74) is 0.482. The largest absolute Gasteiger partial charge is 0.457 e. The van der Waals surface area contributed by atoms with Gasteiger partial charge in [0.25, 0.3) is 6.29 Å². The number of hydrogen-bond acceptors (Lipinski definition) is 3. The highest BCUT2D eigenvalue weighted by molar-refractivity contribution is 6.00. The average molecular weight is 154 g/mol. The third-order valence-corrected chi connectivity index (χ3v) is 1.52. The molecule has 1 rings (SSSR count). The Bertz CT molecular complexity index is 238. The van der Waals surface area contributed by atoms with E-state index < -0.39 is 6.29 Å². The molecule has 0 aromatic heterocycles. The molecule has 1 atom stereocenters. The molecule has 0 saturated heterocycles. The number of Topliss-reactive ketones (excluding diaryl/α,β-unsaturated/α-hetero) is 1. The number of aliphatic hydroxyl groups excluding tert-OH is 1. The second kappa shape index (κ2) is 2.88. The maximum Gasteiger partial charge on any atom is 0.261 e. The van der Waals surface area contributed by atoms with Crippen molar-refractivity contribution in [2.45, 2.75) is 20.1 Å². The number of hydrogen-bond donors (Lipinski definition) is 1. The molecule has 0 fully saturated rings. The Labute approximate surface area is 65.0 Å². The van der Waals surface area contributed by atoms with E-state index in [1.807, 2.05) is 6.92 Å². The summed E-state index contributed by atoms with van der Waals surface area (Å²) in [4.78, 5) is 10.9. The highest BCUT2D eigenvalue weighted by Gasteiger charge is 2.28. The van der Waals surface area contributed by atoms with Crippen molar-refractivity contribution in [2.75, 3.05) is 0 Å². The van der Waals surface area contributed by atoms with E-state index in [0.717, 1.165) is 0 Å². The van der Waals surface area contributed by atoms with Gasteiger partial charge in [0.15, 0.2) is 0 Å². The van der Waals surface area contributed by atoms with E-state index in [1.54, 1.807) is 19.1 Å². The lowest BCUT2D eigenvalue weighted by molar-refractivity contribution is -0.137. The average Bonchev–Trinajstić information content (AvgIpc) is 2.19. The first kappa shape index (κ1) is 8.01. The first-order valence-electron chi connectivity index (χ1n) is 3.39. The van der Waals surface area contributed by atoms with Crippen LogP contribution in [0.15, 0.2) is 23.5 Å². The summed E-state index contributed by atoms with van der Waals surface area (Å²) < 4.78 is 4.83. The van der Waals surface area contributed by atoms with Crippen LogP contribution in [-0.2, 0) is 9.53 Å². The minimum Gasteiger partial charge on any atom is -0.457 e. The third-order valence-electron chi connectivity index (χ3n) is 1.52. The van der Waals surface area contributed by atoms with Gasteiger partial charge in [-0.2, -0.15) is 0 Å². The Kier molecular flexibility index (Phi) is 2.10. The van der Waals surface area contributed by atoms with Crippen LogP contribution >= 0.6 is 0 Å². The molecule has 60 valence electrons. The Hall–Kier alpha value is -1.09. The van der Waals surface area contributed by atoms with Gasteiger partial charge in [-0.3, -0.25) is 4.79 Å². The van der Waals surface area contributed by atoms with Gasteiger partial charge in [-0.25, -0.2) is 0 Å². The molecule has 1 aliphatic rings. The van der Waals surface area contributed by atoms with Crippen LogP contribution in [0.3, 0.4) is 0 Å². The van der Waals surface area contributed by atoms with Crippen LogP contribution in [-0.4, -0.2) is 17.2 Å².